The van der Waals surface area contributed by atoms with Crippen LogP contribution in [0.25, 0.3) is 21.3 Å². The van der Waals surface area contributed by atoms with Gasteiger partial charge in [0.05, 0.1) is 5.69 Å². The van der Waals surface area contributed by atoms with Gasteiger partial charge in [0.25, 0.3) is 0 Å². The molecular weight excluding hydrogens is 350 g/mol. The van der Waals surface area contributed by atoms with Gasteiger partial charge in [-0.2, -0.15) is 10.2 Å². The van der Waals surface area contributed by atoms with Crippen molar-refractivity contribution >= 4 is 21.4 Å². The molecule has 0 N–H and O–H groups in total. The number of nitrogens with zero attached hydrogens (tertiary/aromatic N) is 3. The third kappa shape index (κ3) is 2.76. The summed E-state index contributed by atoms with van der Waals surface area (Å²) in [6, 6.07) is 19.9. The molecule has 0 fully saturated rings. The lowest BCUT2D eigenvalue weighted by Gasteiger charge is -2.41. The van der Waals surface area contributed by atoms with Crippen molar-refractivity contribution in [3.05, 3.63) is 82.9 Å². The summed E-state index contributed by atoms with van der Waals surface area (Å²) in [7, 11) is 2.21. The first-order valence-corrected chi connectivity index (χ1v) is 10.1. The van der Waals surface area contributed by atoms with Gasteiger partial charge in [-0.25, -0.2) is 0 Å². The molecule has 0 aliphatic carbocycles. The summed E-state index contributed by atoms with van der Waals surface area (Å²) >= 11 is 1.80. The molecule has 0 bridgehead atoms. The van der Waals surface area contributed by atoms with Crippen LogP contribution in [0.15, 0.2) is 66.2 Å². The lowest BCUT2D eigenvalue weighted by atomic mass is 9.71. The molecule has 4 aromatic rings. The first kappa shape index (κ1) is 16.6. The van der Waals surface area contributed by atoms with Gasteiger partial charge in [0.15, 0.2) is 0 Å². The second-order valence-corrected chi connectivity index (χ2v) is 8.61. The van der Waals surface area contributed by atoms with Crippen molar-refractivity contribution < 1.29 is 0 Å². The van der Waals surface area contributed by atoms with Crippen LogP contribution in [0.3, 0.4) is 0 Å². The van der Waals surface area contributed by atoms with Gasteiger partial charge in [-0.15, -0.1) is 11.3 Å². The minimum atomic E-state index is -0.0284. The van der Waals surface area contributed by atoms with E-state index in [9.17, 15) is 0 Å². The number of hydrogen-bond acceptors (Lipinski definition) is 4. The van der Waals surface area contributed by atoms with Crippen LogP contribution in [0.5, 0.6) is 0 Å². The average Bonchev–Trinajstić information content (AvgIpc) is 3.16. The first-order valence-electron chi connectivity index (χ1n) is 9.21. The molecule has 0 saturated heterocycles. The number of hydrogen-bond donors (Lipinski definition) is 0. The van der Waals surface area contributed by atoms with Gasteiger partial charge in [0.1, 0.15) is 0 Å². The molecule has 0 spiro atoms. The van der Waals surface area contributed by atoms with E-state index in [2.05, 4.69) is 76.9 Å². The number of benzene rings is 2. The van der Waals surface area contributed by atoms with Crippen LogP contribution in [-0.4, -0.2) is 28.7 Å². The van der Waals surface area contributed by atoms with Crippen LogP contribution in [0.2, 0.25) is 0 Å². The van der Waals surface area contributed by atoms with E-state index in [1.165, 1.54) is 26.8 Å². The molecule has 3 heterocycles. The van der Waals surface area contributed by atoms with Gasteiger partial charge in [0.2, 0.25) is 0 Å². The minimum absolute atomic E-state index is 0.0284. The summed E-state index contributed by atoms with van der Waals surface area (Å²) in [5.74, 6) is 0. The predicted molar refractivity (Wildman–Crippen MR) is 112 cm³/mol. The van der Waals surface area contributed by atoms with E-state index in [0.717, 1.165) is 24.3 Å². The van der Waals surface area contributed by atoms with Crippen LogP contribution in [0.4, 0.5) is 0 Å². The Kier molecular flexibility index (Phi) is 3.85. The van der Waals surface area contributed by atoms with Crippen molar-refractivity contribution in [3.63, 3.8) is 0 Å². The van der Waals surface area contributed by atoms with E-state index < -0.39 is 0 Å². The molecule has 1 aliphatic rings. The Labute approximate surface area is 163 Å². The molecule has 2 aromatic heterocycles. The Morgan fingerprint density at radius 1 is 1.07 bits per heavy atom. The SMILES string of the molecule is CN1Cc2cc(-c3cccnn3)ccc2C(C)(c2ccc3sccc3c2)C1. The van der Waals surface area contributed by atoms with Crippen molar-refractivity contribution in [1.29, 1.82) is 0 Å². The van der Waals surface area contributed by atoms with Gasteiger partial charge in [-0.1, -0.05) is 25.1 Å². The third-order valence-electron chi connectivity index (χ3n) is 5.68. The van der Waals surface area contributed by atoms with Crippen LogP contribution in [-0.2, 0) is 12.0 Å². The van der Waals surface area contributed by atoms with Gasteiger partial charge < -0.3 is 4.90 Å². The molecule has 0 radical (unpaired) electrons. The quantitative estimate of drug-likeness (QED) is 0.490. The highest BCUT2D eigenvalue weighted by atomic mass is 32.1. The zero-order chi connectivity index (χ0) is 18.4. The monoisotopic (exact) mass is 371 g/mol. The molecule has 0 saturated carbocycles. The maximum atomic E-state index is 4.28. The molecule has 1 unspecified atom stereocenters. The fourth-order valence-electron chi connectivity index (χ4n) is 4.41. The normalized spacial score (nSPS) is 19.9. The van der Waals surface area contributed by atoms with E-state index in [1.54, 1.807) is 17.5 Å². The van der Waals surface area contributed by atoms with Crippen LogP contribution in [0.1, 0.15) is 23.6 Å². The Bertz CT molecular complexity index is 1120. The van der Waals surface area contributed by atoms with E-state index in [0.29, 0.717) is 0 Å². The van der Waals surface area contributed by atoms with Gasteiger partial charge >= 0.3 is 0 Å². The molecule has 0 amide bonds. The summed E-state index contributed by atoms with van der Waals surface area (Å²) in [4.78, 5) is 2.42. The number of aromatic nitrogens is 2. The Morgan fingerprint density at radius 3 is 2.85 bits per heavy atom. The molecule has 3 nitrogen and oxygen atoms in total. The Hall–Kier alpha value is -2.56. The topological polar surface area (TPSA) is 29.0 Å². The van der Waals surface area contributed by atoms with Crippen molar-refractivity contribution in [2.75, 3.05) is 13.6 Å². The molecule has 5 rings (SSSR count). The van der Waals surface area contributed by atoms with E-state index >= 15 is 0 Å². The summed E-state index contributed by atoms with van der Waals surface area (Å²) < 4.78 is 1.35. The van der Waals surface area contributed by atoms with Crippen LogP contribution in [0, 0.1) is 0 Å². The molecule has 2 aromatic carbocycles. The average molecular weight is 372 g/mol. The highest BCUT2D eigenvalue weighted by Crippen LogP contribution is 2.41. The van der Waals surface area contributed by atoms with E-state index in [-0.39, 0.29) is 5.41 Å². The molecule has 27 heavy (non-hydrogen) atoms. The highest BCUT2D eigenvalue weighted by Gasteiger charge is 2.36. The van der Waals surface area contributed by atoms with Gasteiger partial charge in [-0.05, 0) is 70.9 Å². The highest BCUT2D eigenvalue weighted by molar-refractivity contribution is 7.17. The van der Waals surface area contributed by atoms with Crippen LogP contribution >= 0.6 is 11.3 Å². The number of likely N-dealkylation sites (N-methyl/N-ethyl adjacent to an activating group) is 1. The largest absolute Gasteiger partial charge is 0.301 e. The van der Waals surface area contributed by atoms with Crippen LogP contribution < -0.4 is 0 Å². The summed E-state index contributed by atoms with van der Waals surface area (Å²) in [6.07, 6.45) is 1.72. The molecule has 134 valence electrons. The second kappa shape index (κ2) is 6.25. The summed E-state index contributed by atoms with van der Waals surface area (Å²) in [5.41, 5.74) is 6.21. The Balaban J connectivity index is 1.65. The fraction of sp³-hybridized carbons (Fsp3) is 0.217. The van der Waals surface area contributed by atoms with Crippen molar-refractivity contribution in [2.24, 2.45) is 0 Å². The summed E-state index contributed by atoms with van der Waals surface area (Å²) in [6.45, 7) is 4.34. The van der Waals surface area contributed by atoms with Gasteiger partial charge in [-0.3, -0.25) is 0 Å². The maximum Gasteiger partial charge on any atom is 0.0929 e. The van der Waals surface area contributed by atoms with Crippen molar-refractivity contribution in [3.8, 4) is 11.3 Å². The number of fused-ring (bicyclic) bond motifs is 2. The maximum absolute atomic E-state index is 4.28. The molecule has 4 heteroatoms. The summed E-state index contributed by atoms with van der Waals surface area (Å²) in [5, 5.41) is 11.8. The predicted octanol–water partition coefficient (Wildman–Crippen LogP) is 5.11. The second-order valence-electron chi connectivity index (χ2n) is 7.66. The number of thiophene rings is 1. The minimum Gasteiger partial charge on any atom is -0.301 e. The fourth-order valence-corrected chi connectivity index (χ4v) is 5.18. The van der Waals surface area contributed by atoms with E-state index in [4.69, 9.17) is 0 Å². The lowest BCUT2D eigenvalue weighted by molar-refractivity contribution is 0.248. The lowest BCUT2D eigenvalue weighted by Crippen LogP contribution is -2.42. The third-order valence-corrected chi connectivity index (χ3v) is 6.58. The van der Waals surface area contributed by atoms with Crippen molar-refractivity contribution in [2.45, 2.75) is 18.9 Å². The zero-order valence-corrected chi connectivity index (χ0v) is 16.3. The van der Waals surface area contributed by atoms with E-state index in [1.807, 2.05) is 12.1 Å². The first-order chi connectivity index (χ1) is 13.1. The standard InChI is InChI=1S/C23H21N3S/c1-23(19-6-8-22-17(13-19)9-11-27-22)15-26(2)14-18-12-16(5-7-20(18)23)21-4-3-10-24-25-21/h3-13H,14-15H2,1-2H3. The Morgan fingerprint density at radius 2 is 2.00 bits per heavy atom. The molecular formula is C23H21N3S. The van der Waals surface area contributed by atoms with Crippen molar-refractivity contribution in [1.82, 2.24) is 15.1 Å². The number of rotatable bonds is 2. The molecule has 1 atom stereocenters. The van der Waals surface area contributed by atoms with Gasteiger partial charge in [0, 0.05) is 35.0 Å². The smallest absolute Gasteiger partial charge is 0.0929 e. The molecule has 1 aliphatic heterocycles. The zero-order valence-electron chi connectivity index (χ0n) is 15.5.